The van der Waals surface area contributed by atoms with Crippen LogP contribution in [0.5, 0.6) is 0 Å². The molecule has 2 heterocycles. The number of amides is 2. The lowest BCUT2D eigenvalue weighted by atomic mass is 10.1. The second kappa shape index (κ2) is 8.24. The highest BCUT2D eigenvalue weighted by Crippen LogP contribution is 2.23. The zero-order valence-corrected chi connectivity index (χ0v) is 15.7. The van der Waals surface area contributed by atoms with Crippen LogP contribution >= 0.6 is 22.7 Å². The van der Waals surface area contributed by atoms with Gasteiger partial charge in [-0.25, -0.2) is 9.78 Å². The van der Waals surface area contributed by atoms with Crippen LogP contribution in [0.25, 0.3) is 10.6 Å². The molecule has 3 aromatic rings. The maximum Gasteiger partial charge on any atom is 0.319 e. The number of thiazole rings is 1. The highest BCUT2D eigenvalue weighted by Gasteiger charge is 2.15. The number of carbonyl (C=O) groups excluding carboxylic acids is 1. The second-order valence-corrected chi connectivity index (χ2v) is 7.46. The zero-order chi connectivity index (χ0) is 17.6. The van der Waals surface area contributed by atoms with E-state index in [0.29, 0.717) is 6.54 Å². The maximum absolute atomic E-state index is 12.2. The van der Waals surface area contributed by atoms with Crippen molar-refractivity contribution in [3.8, 4) is 10.6 Å². The average molecular weight is 373 g/mol. The van der Waals surface area contributed by atoms with Crippen molar-refractivity contribution in [2.45, 2.75) is 6.04 Å². The number of likely N-dealkylation sites (N-methyl/N-ethyl adjacent to an activating group) is 1. The fourth-order valence-electron chi connectivity index (χ4n) is 2.49. The van der Waals surface area contributed by atoms with E-state index in [1.165, 1.54) is 5.56 Å². The number of rotatable bonds is 6. The molecule has 0 bridgehead atoms. The third-order valence-corrected chi connectivity index (χ3v) is 5.35. The van der Waals surface area contributed by atoms with Crippen LogP contribution in [0.1, 0.15) is 11.6 Å². The molecule has 0 unspecified atom stereocenters. The summed E-state index contributed by atoms with van der Waals surface area (Å²) in [6.45, 7) is 0.548. The lowest BCUT2D eigenvalue weighted by Gasteiger charge is -2.24. The molecule has 7 heteroatoms. The number of hydrogen-bond acceptors (Lipinski definition) is 5. The molecule has 0 aliphatic heterocycles. The second-order valence-electron chi connectivity index (χ2n) is 5.79. The first-order chi connectivity index (χ1) is 12.1. The monoisotopic (exact) mass is 372 g/mol. The van der Waals surface area contributed by atoms with Gasteiger partial charge in [0.1, 0.15) is 5.01 Å². The van der Waals surface area contributed by atoms with E-state index in [-0.39, 0.29) is 12.1 Å². The van der Waals surface area contributed by atoms with E-state index in [4.69, 9.17) is 0 Å². The summed E-state index contributed by atoms with van der Waals surface area (Å²) in [6.07, 6.45) is 1.79. The molecule has 25 heavy (non-hydrogen) atoms. The quantitative estimate of drug-likeness (QED) is 0.678. The summed E-state index contributed by atoms with van der Waals surface area (Å²) in [6, 6.07) is 9.74. The van der Waals surface area contributed by atoms with E-state index in [1.54, 1.807) is 28.9 Å². The summed E-state index contributed by atoms with van der Waals surface area (Å²) < 4.78 is 0. The topological polar surface area (TPSA) is 57.3 Å². The van der Waals surface area contributed by atoms with Crippen molar-refractivity contribution < 1.29 is 4.79 Å². The molecular weight excluding hydrogens is 352 g/mol. The molecule has 2 N–H and O–H groups in total. The predicted octanol–water partition coefficient (Wildman–Crippen LogP) is 4.30. The Balaban J connectivity index is 1.55. The number of anilines is 1. The predicted molar refractivity (Wildman–Crippen MR) is 105 cm³/mol. The van der Waals surface area contributed by atoms with Gasteiger partial charge in [0, 0.05) is 29.4 Å². The fourth-order valence-corrected chi connectivity index (χ4v) is 3.84. The molecule has 0 saturated heterocycles. The highest BCUT2D eigenvalue weighted by molar-refractivity contribution is 7.13. The van der Waals surface area contributed by atoms with E-state index in [9.17, 15) is 4.79 Å². The molecule has 5 nitrogen and oxygen atoms in total. The minimum absolute atomic E-state index is 0.157. The van der Waals surface area contributed by atoms with Crippen molar-refractivity contribution in [3.05, 3.63) is 58.2 Å². The molecular formula is C18H20N4OS2. The van der Waals surface area contributed by atoms with Crippen molar-refractivity contribution in [2.75, 3.05) is 26.0 Å². The van der Waals surface area contributed by atoms with Gasteiger partial charge in [-0.1, -0.05) is 0 Å². The van der Waals surface area contributed by atoms with Crippen molar-refractivity contribution in [3.63, 3.8) is 0 Å². The number of thiophene rings is 1. The molecule has 1 atom stereocenters. The molecule has 0 aliphatic carbocycles. The lowest BCUT2D eigenvalue weighted by Crippen LogP contribution is -2.36. The number of benzene rings is 1. The number of urea groups is 1. The summed E-state index contributed by atoms with van der Waals surface area (Å²) in [5, 5.41) is 12.9. The number of carbonyl (C=O) groups is 1. The molecule has 1 aromatic carbocycles. The van der Waals surface area contributed by atoms with Gasteiger partial charge >= 0.3 is 6.03 Å². The first-order valence-corrected chi connectivity index (χ1v) is 9.69. The van der Waals surface area contributed by atoms with Gasteiger partial charge in [0.2, 0.25) is 0 Å². The van der Waals surface area contributed by atoms with Crippen LogP contribution in [0.3, 0.4) is 0 Å². The van der Waals surface area contributed by atoms with Gasteiger partial charge in [-0.15, -0.1) is 11.3 Å². The Labute approximate surface area is 155 Å². The van der Waals surface area contributed by atoms with Crippen LogP contribution in [0.4, 0.5) is 10.5 Å². The van der Waals surface area contributed by atoms with Crippen LogP contribution in [-0.4, -0.2) is 36.6 Å². The van der Waals surface area contributed by atoms with E-state index >= 15 is 0 Å². The van der Waals surface area contributed by atoms with Gasteiger partial charge in [-0.3, -0.25) is 0 Å². The number of nitrogens with zero attached hydrogens (tertiary/aromatic N) is 2. The van der Waals surface area contributed by atoms with Gasteiger partial charge in [-0.2, -0.15) is 11.3 Å². The summed E-state index contributed by atoms with van der Waals surface area (Å²) in [5.74, 6) is 0. The minimum atomic E-state index is -0.205. The van der Waals surface area contributed by atoms with Crippen LogP contribution in [0.2, 0.25) is 0 Å². The van der Waals surface area contributed by atoms with Crippen molar-refractivity contribution >= 4 is 34.4 Å². The Kier molecular flexibility index (Phi) is 5.80. The summed E-state index contributed by atoms with van der Waals surface area (Å²) in [7, 11) is 4.03. The van der Waals surface area contributed by atoms with Gasteiger partial charge in [-0.05, 0) is 60.8 Å². The van der Waals surface area contributed by atoms with Crippen molar-refractivity contribution in [1.82, 2.24) is 15.2 Å². The van der Waals surface area contributed by atoms with E-state index < -0.39 is 0 Å². The minimum Gasteiger partial charge on any atom is -0.336 e. The Morgan fingerprint density at radius 3 is 2.60 bits per heavy atom. The Morgan fingerprint density at radius 2 is 2.00 bits per heavy atom. The van der Waals surface area contributed by atoms with Crippen LogP contribution in [-0.2, 0) is 0 Å². The van der Waals surface area contributed by atoms with Gasteiger partial charge in [0.15, 0.2) is 0 Å². The largest absolute Gasteiger partial charge is 0.336 e. The van der Waals surface area contributed by atoms with E-state index in [0.717, 1.165) is 16.3 Å². The summed E-state index contributed by atoms with van der Waals surface area (Å²) >= 11 is 3.26. The van der Waals surface area contributed by atoms with Crippen LogP contribution in [0, 0.1) is 0 Å². The van der Waals surface area contributed by atoms with Crippen molar-refractivity contribution in [1.29, 1.82) is 0 Å². The first kappa shape index (κ1) is 17.6. The summed E-state index contributed by atoms with van der Waals surface area (Å²) in [5.41, 5.74) is 3.02. The van der Waals surface area contributed by atoms with Crippen LogP contribution < -0.4 is 10.6 Å². The lowest BCUT2D eigenvalue weighted by molar-refractivity contribution is 0.243. The van der Waals surface area contributed by atoms with E-state index in [2.05, 4.69) is 37.3 Å². The van der Waals surface area contributed by atoms with Crippen LogP contribution in [0.15, 0.2) is 52.7 Å². The smallest absolute Gasteiger partial charge is 0.319 e. The molecule has 0 saturated carbocycles. The SMILES string of the molecule is CN(C)[C@H](CNC(=O)Nc1ccc(-c2nccs2)cc1)c1ccsc1. The summed E-state index contributed by atoms with van der Waals surface area (Å²) in [4.78, 5) is 18.6. The maximum atomic E-state index is 12.2. The average Bonchev–Trinajstić information content (AvgIpc) is 3.29. The normalized spacial score (nSPS) is 12.1. The van der Waals surface area contributed by atoms with Crippen molar-refractivity contribution in [2.24, 2.45) is 0 Å². The Hall–Kier alpha value is -2.22. The zero-order valence-electron chi connectivity index (χ0n) is 14.1. The third kappa shape index (κ3) is 4.66. The Bertz CT molecular complexity index is 783. The molecule has 2 amide bonds. The highest BCUT2D eigenvalue weighted by atomic mass is 32.1. The molecule has 2 aromatic heterocycles. The van der Waals surface area contributed by atoms with Gasteiger partial charge in [0.05, 0.1) is 6.04 Å². The van der Waals surface area contributed by atoms with E-state index in [1.807, 2.05) is 43.7 Å². The molecule has 3 rings (SSSR count). The molecule has 0 aliphatic rings. The molecule has 0 radical (unpaired) electrons. The number of aromatic nitrogens is 1. The number of nitrogens with one attached hydrogen (secondary N) is 2. The molecule has 0 fully saturated rings. The first-order valence-electron chi connectivity index (χ1n) is 7.87. The Morgan fingerprint density at radius 1 is 1.20 bits per heavy atom. The molecule has 0 spiro atoms. The van der Waals surface area contributed by atoms with Gasteiger partial charge < -0.3 is 15.5 Å². The molecule has 130 valence electrons. The van der Waals surface area contributed by atoms with Gasteiger partial charge in [0.25, 0.3) is 0 Å². The standard InChI is InChI=1S/C18H20N4OS2/c1-22(2)16(14-7-9-24-12-14)11-20-18(23)21-15-5-3-13(4-6-15)17-19-8-10-25-17/h3-10,12,16H,11H2,1-2H3,(H2,20,21,23)/t16-/m1/s1. The number of hydrogen-bond donors (Lipinski definition) is 2. The third-order valence-electron chi connectivity index (χ3n) is 3.83. The fraction of sp³-hybridized carbons (Fsp3) is 0.222.